The first kappa shape index (κ1) is 9.46. The lowest BCUT2D eigenvalue weighted by atomic mass is 10.3. The van der Waals surface area contributed by atoms with Gasteiger partial charge in [-0.2, -0.15) is 8.42 Å². The molecule has 1 rings (SSSR count). The number of hydrogen-bond acceptors (Lipinski definition) is 6. The first-order valence-corrected chi connectivity index (χ1v) is 4.59. The Hall–Kier alpha value is -1.63. The van der Waals surface area contributed by atoms with Crippen LogP contribution in [0, 0.1) is 4.91 Å². The molecule has 0 saturated carbocycles. The number of nitrogen functional groups attached to an aromatic ring is 1. The normalized spacial score (nSPS) is 10.8. The first-order chi connectivity index (χ1) is 6.06. The van der Waals surface area contributed by atoms with E-state index in [1.165, 1.54) is 24.3 Å². The van der Waals surface area contributed by atoms with Crippen LogP contribution in [-0.4, -0.2) is 8.42 Å². The molecule has 0 amide bonds. The maximum atomic E-state index is 11.0. The number of hydrogen-bond donors (Lipinski definition) is 1. The van der Waals surface area contributed by atoms with E-state index < -0.39 is 10.1 Å². The largest absolute Gasteiger partial charge is 0.399 e. The lowest BCUT2D eigenvalue weighted by Crippen LogP contribution is -2.01. The molecule has 0 aliphatic rings. The van der Waals surface area contributed by atoms with Gasteiger partial charge in [0.25, 0.3) is 0 Å². The Morgan fingerprint density at radius 1 is 1.23 bits per heavy atom. The van der Waals surface area contributed by atoms with E-state index in [-0.39, 0.29) is 4.90 Å². The van der Waals surface area contributed by atoms with Crippen LogP contribution < -0.4 is 5.73 Å². The fourth-order valence-electron chi connectivity index (χ4n) is 0.718. The highest BCUT2D eigenvalue weighted by Gasteiger charge is 2.15. The minimum Gasteiger partial charge on any atom is -0.399 e. The second-order valence-electron chi connectivity index (χ2n) is 2.17. The number of nitrogens with two attached hydrogens (primary N) is 1. The molecular weight excluding hydrogens is 196 g/mol. The average molecular weight is 202 g/mol. The van der Waals surface area contributed by atoms with E-state index in [4.69, 9.17) is 5.73 Å². The third-order valence-corrected chi connectivity index (χ3v) is 2.40. The van der Waals surface area contributed by atoms with E-state index >= 15 is 0 Å². The van der Waals surface area contributed by atoms with Crippen molar-refractivity contribution < 1.29 is 12.7 Å². The molecule has 0 aliphatic heterocycles. The van der Waals surface area contributed by atoms with Crippen molar-refractivity contribution in [3.8, 4) is 0 Å². The molecule has 0 spiro atoms. The lowest BCUT2D eigenvalue weighted by Gasteiger charge is -1.98. The topological polar surface area (TPSA) is 98.8 Å². The monoisotopic (exact) mass is 202 g/mol. The Bertz CT molecular complexity index is 397. The average Bonchev–Trinajstić information content (AvgIpc) is 2.05. The van der Waals surface area contributed by atoms with Gasteiger partial charge in [-0.15, -0.1) is 4.91 Å². The van der Waals surface area contributed by atoms with Crippen molar-refractivity contribution in [3.63, 3.8) is 0 Å². The fourth-order valence-corrected chi connectivity index (χ4v) is 1.35. The first-order valence-electron chi connectivity index (χ1n) is 3.18. The van der Waals surface area contributed by atoms with Gasteiger partial charge in [-0.3, -0.25) is 0 Å². The summed E-state index contributed by atoms with van der Waals surface area (Å²) in [5, 5.41) is 1.84. The van der Waals surface area contributed by atoms with Gasteiger partial charge in [0.15, 0.2) is 5.34 Å². The number of benzene rings is 1. The molecule has 7 heteroatoms. The molecule has 0 aromatic heterocycles. The van der Waals surface area contributed by atoms with Crippen molar-refractivity contribution in [1.29, 1.82) is 0 Å². The maximum Gasteiger partial charge on any atom is 0.361 e. The highest BCUT2D eigenvalue weighted by molar-refractivity contribution is 7.86. The summed E-state index contributed by atoms with van der Waals surface area (Å²) in [6, 6.07) is 5.19. The molecule has 0 bridgehead atoms. The van der Waals surface area contributed by atoms with Crippen molar-refractivity contribution in [2.24, 2.45) is 5.34 Å². The van der Waals surface area contributed by atoms with Gasteiger partial charge in [0, 0.05) is 5.69 Å². The van der Waals surface area contributed by atoms with E-state index in [2.05, 4.69) is 4.28 Å². The molecule has 1 aromatic rings. The maximum absolute atomic E-state index is 11.0. The predicted molar refractivity (Wildman–Crippen MR) is 44.9 cm³/mol. The highest BCUT2D eigenvalue weighted by Crippen LogP contribution is 2.14. The highest BCUT2D eigenvalue weighted by atomic mass is 32.2. The molecular formula is C6H6N2O4S. The predicted octanol–water partition coefficient (Wildman–Crippen LogP) is 0.656. The molecule has 0 fully saturated rings. The number of anilines is 1. The van der Waals surface area contributed by atoms with Crippen LogP contribution in [0.15, 0.2) is 34.5 Å². The van der Waals surface area contributed by atoms with Gasteiger partial charge in [-0.05, 0) is 24.3 Å². The second-order valence-corrected chi connectivity index (χ2v) is 3.70. The molecule has 2 N–H and O–H groups in total. The summed E-state index contributed by atoms with van der Waals surface area (Å²) in [5.41, 5.74) is 5.74. The van der Waals surface area contributed by atoms with Crippen LogP contribution in [0.2, 0.25) is 0 Å². The van der Waals surface area contributed by atoms with Gasteiger partial charge in [-0.25, -0.2) is 4.28 Å². The molecule has 0 saturated heterocycles. The van der Waals surface area contributed by atoms with Gasteiger partial charge in [-0.1, -0.05) is 0 Å². The summed E-state index contributed by atoms with van der Waals surface area (Å²) in [6.07, 6.45) is 0. The smallest absolute Gasteiger partial charge is 0.361 e. The van der Waals surface area contributed by atoms with Gasteiger partial charge >= 0.3 is 10.1 Å². The van der Waals surface area contributed by atoms with Crippen LogP contribution in [0.4, 0.5) is 5.69 Å². The fraction of sp³-hybridized carbons (Fsp3) is 0. The number of rotatable bonds is 3. The molecule has 0 aliphatic carbocycles. The number of nitrogens with zero attached hydrogens (tertiary/aromatic N) is 1. The van der Waals surface area contributed by atoms with Crippen LogP contribution in [0.1, 0.15) is 0 Å². The van der Waals surface area contributed by atoms with Gasteiger partial charge in [0.05, 0.1) is 0 Å². The molecule has 6 nitrogen and oxygen atoms in total. The van der Waals surface area contributed by atoms with Crippen LogP contribution in [0.25, 0.3) is 0 Å². The molecule has 13 heavy (non-hydrogen) atoms. The van der Waals surface area contributed by atoms with Gasteiger partial charge in [0.2, 0.25) is 0 Å². The van der Waals surface area contributed by atoms with Crippen molar-refractivity contribution in [1.82, 2.24) is 0 Å². The van der Waals surface area contributed by atoms with Crippen LogP contribution in [0.5, 0.6) is 0 Å². The molecule has 0 heterocycles. The van der Waals surface area contributed by atoms with E-state index in [0.717, 1.165) is 0 Å². The Kier molecular flexibility index (Phi) is 2.47. The van der Waals surface area contributed by atoms with E-state index in [1.54, 1.807) is 0 Å². The SMILES string of the molecule is Nc1ccc(S(=O)(=O)ON=O)cc1. The van der Waals surface area contributed by atoms with Crippen LogP contribution in [0.3, 0.4) is 0 Å². The minimum absolute atomic E-state index is 0.165. The Balaban J connectivity index is 3.08. The summed E-state index contributed by atoms with van der Waals surface area (Å²) in [6.45, 7) is 0. The summed E-state index contributed by atoms with van der Waals surface area (Å²) >= 11 is 0. The summed E-state index contributed by atoms with van der Waals surface area (Å²) in [7, 11) is -4.06. The third kappa shape index (κ3) is 2.15. The van der Waals surface area contributed by atoms with Crippen molar-refractivity contribution in [3.05, 3.63) is 29.2 Å². The molecule has 70 valence electrons. The summed E-state index contributed by atoms with van der Waals surface area (Å²) in [5.74, 6) is 0. The van der Waals surface area contributed by atoms with Gasteiger partial charge < -0.3 is 5.73 Å². The van der Waals surface area contributed by atoms with Crippen molar-refractivity contribution >= 4 is 15.8 Å². The Labute approximate surface area is 74.4 Å². The molecule has 0 atom stereocenters. The lowest BCUT2D eigenvalue weighted by molar-refractivity contribution is 0.333. The standard InChI is InChI=1S/C6H6N2O4S/c7-5-1-3-6(4-2-5)13(10,11)12-8-9/h1-4H,7H2. The molecule has 0 radical (unpaired) electrons. The second kappa shape index (κ2) is 3.40. The van der Waals surface area contributed by atoms with Crippen LogP contribution in [-0.2, 0) is 14.4 Å². The molecule has 0 unspecified atom stereocenters. The van der Waals surface area contributed by atoms with Crippen molar-refractivity contribution in [2.75, 3.05) is 5.73 Å². The quantitative estimate of drug-likeness (QED) is 0.441. The van der Waals surface area contributed by atoms with Crippen molar-refractivity contribution in [2.45, 2.75) is 4.90 Å². The Morgan fingerprint density at radius 3 is 2.23 bits per heavy atom. The zero-order valence-electron chi connectivity index (χ0n) is 6.38. The zero-order valence-corrected chi connectivity index (χ0v) is 7.19. The van der Waals surface area contributed by atoms with E-state index in [1.807, 2.05) is 5.34 Å². The summed E-state index contributed by atoms with van der Waals surface area (Å²) in [4.78, 5) is 9.42. The molecule has 1 aromatic carbocycles. The Morgan fingerprint density at radius 2 is 1.77 bits per heavy atom. The minimum atomic E-state index is -4.06. The third-order valence-electron chi connectivity index (χ3n) is 1.30. The van der Waals surface area contributed by atoms with Gasteiger partial charge in [0.1, 0.15) is 4.90 Å². The zero-order chi connectivity index (χ0) is 9.90. The van der Waals surface area contributed by atoms with E-state index in [9.17, 15) is 13.3 Å². The summed E-state index contributed by atoms with van der Waals surface area (Å²) < 4.78 is 25.6. The van der Waals surface area contributed by atoms with E-state index in [0.29, 0.717) is 5.69 Å². The van der Waals surface area contributed by atoms with Crippen LogP contribution >= 0.6 is 0 Å².